The lowest BCUT2D eigenvalue weighted by Gasteiger charge is -2.14. The predicted molar refractivity (Wildman–Crippen MR) is 67.3 cm³/mol. The summed E-state index contributed by atoms with van der Waals surface area (Å²) in [7, 11) is 1.62. The van der Waals surface area contributed by atoms with Gasteiger partial charge in [-0.25, -0.2) is 4.98 Å². The summed E-state index contributed by atoms with van der Waals surface area (Å²) in [5.41, 5.74) is 0. The van der Waals surface area contributed by atoms with E-state index in [1.54, 1.807) is 7.11 Å². The third-order valence-electron chi connectivity index (χ3n) is 2.86. The highest BCUT2D eigenvalue weighted by Crippen LogP contribution is 2.46. The normalized spacial score (nSPS) is 16.9. The van der Waals surface area contributed by atoms with Crippen LogP contribution in [0.2, 0.25) is 0 Å². The Balaban J connectivity index is 2.01. The maximum Gasteiger partial charge on any atom is 0.218 e. The first-order chi connectivity index (χ1) is 7.67. The predicted octanol–water partition coefficient (Wildman–Crippen LogP) is 2.10. The molecule has 5 heteroatoms. The van der Waals surface area contributed by atoms with Crippen LogP contribution in [0.5, 0.6) is 5.88 Å². The summed E-state index contributed by atoms with van der Waals surface area (Å²) in [4.78, 5) is 8.49. The first-order valence-corrected chi connectivity index (χ1v) is 6.59. The van der Waals surface area contributed by atoms with Crippen molar-refractivity contribution >= 4 is 17.6 Å². The molecule has 88 valence electrons. The molecule has 1 heterocycles. The molecule has 0 amide bonds. The standard InChI is InChI=1S/C11H17N3OS/c1-8-13-9(6-10(14-8)15-2)12-7-11(16-3)4-5-11/h6H,4-5,7H2,1-3H3,(H,12,13,14). The number of rotatable bonds is 5. The van der Waals surface area contributed by atoms with Gasteiger partial charge in [-0.1, -0.05) is 0 Å². The molecule has 1 fully saturated rings. The Bertz CT molecular complexity index is 379. The fraction of sp³-hybridized carbons (Fsp3) is 0.636. The minimum Gasteiger partial charge on any atom is -0.481 e. The molecule has 1 N–H and O–H groups in total. The molecule has 1 aromatic heterocycles. The molecule has 0 radical (unpaired) electrons. The largest absolute Gasteiger partial charge is 0.481 e. The fourth-order valence-electron chi connectivity index (χ4n) is 1.58. The Labute approximate surface area is 100 Å². The molecule has 0 spiro atoms. The van der Waals surface area contributed by atoms with Crippen molar-refractivity contribution in [1.82, 2.24) is 9.97 Å². The van der Waals surface area contributed by atoms with Crippen molar-refractivity contribution in [3.63, 3.8) is 0 Å². The zero-order chi connectivity index (χ0) is 11.6. The van der Waals surface area contributed by atoms with E-state index >= 15 is 0 Å². The maximum absolute atomic E-state index is 5.11. The quantitative estimate of drug-likeness (QED) is 0.852. The van der Waals surface area contributed by atoms with Crippen molar-refractivity contribution in [2.45, 2.75) is 24.5 Å². The minimum atomic E-state index is 0.437. The number of nitrogens with one attached hydrogen (secondary N) is 1. The number of ether oxygens (including phenoxy) is 1. The van der Waals surface area contributed by atoms with Crippen LogP contribution in [0, 0.1) is 6.92 Å². The summed E-state index contributed by atoms with van der Waals surface area (Å²) < 4.78 is 5.55. The van der Waals surface area contributed by atoms with E-state index in [0.717, 1.165) is 18.2 Å². The minimum absolute atomic E-state index is 0.437. The van der Waals surface area contributed by atoms with E-state index in [0.29, 0.717) is 10.6 Å². The molecule has 0 aliphatic heterocycles. The first kappa shape index (κ1) is 11.5. The molecular formula is C11H17N3OS. The van der Waals surface area contributed by atoms with Gasteiger partial charge in [-0.2, -0.15) is 16.7 Å². The summed E-state index contributed by atoms with van der Waals surface area (Å²) in [6.45, 7) is 2.84. The molecule has 1 aliphatic rings. The van der Waals surface area contributed by atoms with Crippen molar-refractivity contribution in [2.75, 3.05) is 25.2 Å². The van der Waals surface area contributed by atoms with Gasteiger partial charge >= 0.3 is 0 Å². The van der Waals surface area contributed by atoms with Crippen molar-refractivity contribution in [1.29, 1.82) is 0 Å². The molecule has 0 unspecified atom stereocenters. The summed E-state index contributed by atoms with van der Waals surface area (Å²) in [5, 5.41) is 3.36. The molecule has 1 saturated carbocycles. The Hall–Kier alpha value is -0.970. The lowest BCUT2D eigenvalue weighted by Crippen LogP contribution is -2.18. The molecule has 4 nitrogen and oxygen atoms in total. The molecule has 0 aromatic carbocycles. The monoisotopic (exact) mass is 239 g/mol. The number of anilines is 1. The summed E-state index contributed by atoms with van der Waals surface area (Å²) in [5.74, 6) is 2.20. The van der Waals surface area contributed by atoms with Crippen molar-refractivity contribution in [2.24, 2.45) is 0 Å². The van der Waals surface area contributed by atoms with E-state index in [-0.39, 0.29) is 0 Å². The second kappa shape index (κ2) is 4.49. The molecule has 0 atom stereocenters. The number of methoxy groups -OCH3 is 1. The highest BCUT2D eigenvalue weighted by molar-refractivity contribution is 8.00. The number of nitrogens with zero attached hydrogens (tertiary/aromatic N) is 2. The smallest absolute Gasteiger partial charge is 0.218 e. The van der Waals surface area contributed by atoms with E-state index < -0.39 is 0 Å². The molecule has 16 heavy (non-hydrogen) atoms. The Kier molecular flexibility index (Phi) is 3.23. The summed E-state index contributed by atoms with van der Waals surface area (Å²) in [6.07, 6.45) is 4.76. The van der Waals surface area contributed by atoms with Crippen molar-refractivity contribution < 1.29 is 4.74 Å². The molecule has 1 aliphatic carbocycles. The third kappa shape index (κ3) is 2.58. The van der Waals surface area contributed by atoms with E-state index in [9.17, 15) is 0 Å². The van der Waals surface area contributed by atoms with Gasteiger partial charge in [0, 0.05) is 17.4 Å². The van der Waals surface area contributed by atoms with E-state index in [4.69, 9.17) is 4.74 Å². The zero-order valence-electron chi connectivity index (χ0n) is 9.91. The number of hydrogen-bond donors (Lipinski definition) is 1. The number of thioether (sulfide) groups is 1. The van der Waals surface area contributed by atoms with Crippen molar-refractivity contribution in [3.05, 3.63) is 11.9 Å². The average molecular weight is 239 g/mol. The molecule has 0 saturated heterocycles. The van der Waals surface area contributed by atoms with E-state index in [1.165, 1.54) is 12.8 Å². The van der Waals surface area contributed by atoms with Crippen LogP contribution in [-0.4, -0.2) is 34.6 Å². The van der Waals surface area contributed by atoms with Crippen molar-refractivity contribution in [3.8, 4) is 5.88 Å². The number of aryl methyl sites for hydroxylation is 1. The van der Waals surface area contributed by atoms with Gasteiger partial charge in [0.15, 0.2) is 0 Å². The average Bonchev–Trinajstić information content (AvgIpc) is 3.06. The van der Waals surface area contributed by atoms with Crippen LogP contribution in [0.1, 0.15) is 18.7 Å². The van der Waals surface area contributed by atoms with Crippen LogP contribution >= 0.6 is 11.8 Å². The summed E-state index contributed by atoms with van der Waals surface area (Å²) >= 11 is 1.93. The lowest BCUT2D eigenvalue weighted by molar-refractivity contribution is 0.396. The molecular weight excluding hydrogens is 222 g/mol. The summed E-state index contributed by atoms with van der Waals surface area (Å²) in [6, 6.07) is 1.84. The lowest BCUT2D eigenvalue weighted by atomic mass is 10.4. The van der Waals surface area contributed by atoms with Gasteiger partial charge in [-0.15, -0.1) is 0 Å². The van der Waals surface area contributed by atoms with Gasteiger partial charge < -0.3 is 10.1 Å². The zero-order valence-corrected chi connectivity index (χ0v) is 10.7. The van der Waals surface area contributed by atoms with Gasteiger partial charge in [-0.3, -0.25) is 0 Å². The molecule has 0 bridgehead atoms. The van der Waals surface area contributed by atoms with Crippen LogP contribution in [0.4, 0.5) is 5.82 Å². The van der Waals surface area contributed by atoms with Gasteiger partial charge in [0.2, 0.25) is 5.88 Å². The highest BCUT2D eigenvalue weighted by Gasteiger charge is 2.41. The first-order valence-electron chi connectivity index (χ1n) is 5.36. The Morgan fingerprint density at radius 2 is 2.25 bits per heavy atom. The third-order valence-corrected chi connectivity index (χ3v) is 4.27. The molecule has 1 aromatic rings. The highest BCUT2D eigenvalue weighted by atomic mass is 32.2. The molecule has 2 rings (SSSR count). The van der Waals surface area contributed by atoms with Crippen LogP contribution < -0.4 is 10.1 Å². The van der Waals surface area contributed by atoms with Gasteiger partial charge in [0.25, 0.3) is 0 Å². The second-order valence-corrected chi connectivity index (χ2v) is 5.36. The van der Waals surface area contributed by atoms with E-state index in [2.05, 4.69) is 21.5 Å². The fourth-order valence-corrected chi connectivity index (χ4v) is 2.31. The van der Waals surface area contributed by atoms with Crippen LogP contribution in [0.25, 0.3) is 0 Å². The van der Waals surface area contributed by atoms with Crippen LogP contribution in [-0.2, 0) is 0 Å². The topological polar surface area (TPSA) is 47.0 Å². The van der Waals surface area contributed by atoms with Gasteiger partial charge in [0.1, 0.15) is 11.6 Å². The van der Waals surface area contributed by atoms with Crippen LogP contribution in [0.3, 0.4) is 0 Å². The second-order valence-electron chi connectivity index (χ2n) is 4.08. The van der Waals surface area contributed by atoms with E-state index in [1.807, 2.05) is 24.8 Å². The maximum atomic E-state index is 5.11. The van der Waals surface area contributed by atoms with Crippen LogP contribution in [0.15, 0.2) is 6.07 Å². The number of aromatic nitrogens is 2. The number of hydrogen-bond acceptors (Lipinski definition) is 5. The van der Waals surface area contributed by atoms with Gasteiger partial charge in [-0.05, 0) is 26.0 Å². The van der Waals surface area contributed by atoms with Gasteiger partial charge in [0.05, 0.1) is 7.11 Å². The Morgan fingerprint density at radius 3 is 2.81 bits per heavy atom. The SMILES string of the molecule is COc1cc(NCC2(SC)CC2)nc(C)n1. The Morgan fingerprint density at radius 1 is 1.50 bits per heavy atom.